The third kappa shape index (κ3) is 8.79. The van der Waals surface area contributed by atoms with E-state index in [-0.39, 0.29) is 0 Å². The Morgan fingerprint density at radius 1 is 1.36 bits per heavy atom. The fraction of sp³-hybridized carbons (Fsp3) is 0.636. The van der Waals surface area contributed by atoms with Crippen molar-refractivity contribution in [3.63, 3.8) is 0 Å². The Kier molecular flexibility index (Phi) is 8.88. The Morgan fingerprint density at radius 3 is 2.71 bits per heavy atom. The van der Waals surface area contributed by atoms with Crippen molar-refractivity contribution in [1.82, 2.24) is 0 Å². The van der Waals surface area contributed by atoms with E-state index in [4.69, 9.17) is 10.00 Å². The number of rotatable bonds is 7. The average molecular weight is 195 g/mol. The highest BCUT2D eigenvalue weighted by molar-refractivity contribution is 5.82. The van der Waals surface area contributed by atoms with Crippen molar-refractivity contribution in [2.45, 2.75) is 39.0 Å². The molecule has 0 N–H and O–H groups in total. The zero-order chi connectivity index (χ0) is 10.6. The van der Waals surface area contributed by atoms with Crippen LogP contribution in [0.25, 0.3) is 0 Å². The summed E-state index contributed by atoms with van der Waals surface area (Å²) >= 11 is 0. The summed E-state index contributed by atoms with van der Waals surface area (Å²) in [7, 11) is 0. The molecule has 14 heavy (non-hydrogen) atoms. The van der Waals surface area contributed by atoms with Gasteiger partial charge in [0, 0.05) is 12.2 Å². The molecule has 0 atom stereocenters. The molecule has 78 valence electrons. The molecule has 0 aromatic carbocycles. The molecule has 3 heteroatoms. The number of carbonyl (C=O) groups is 1. The maximum Gasteiger partial charge on any atom is 0.331 e. The topological polar surface area (TPSA) is 50.1 Å². The summed E-state index contributed by atoms with van der Waals surface area (Å²) < 4.78 is 4.85. The van der Waals surface area contributed by atoms with E-state index in [1.165, 1.54) is 19.3 Å². The Bertz CT molecular complexity index is 216. The van der Waals surface area contributed by atoms with Crippen LogP contribution >= 0.6 is 0 Å². The van der Waals surface area contributed by atoms with Crippen LogP contribution in [-0.2, 0) is 9.53 Å². The summed E-state index contributed by atoms with van der Waals surface area (Å²) in [6.07, 6.45) is 7.93. The quantitative estimate of drug-likeness (QED) is 0.271. The Hall–Kier alpha value is -1.30. The maximum atomic E-state index is 10.8. The zero-order valence-electron chi connectivity index (χ0n) is 8.66. The van der Waals surface area contributed by atoms with Gasteiger partial charge in [-0.15, -0.1) is 0 Å². The van der Waals surface area contributed by atoms with Crippen molar-refractivity contribution < 1.29 is 9.53 Å². The van der Waals surface area contributed by atoms with Gasteiger partial charge in [-0.2, -0.15) is 5.26 Å². The fourth-order valence-electron chi connectivity index (χ4n) is 1.03. The van der Waals surface area contributed by atoms with Crippen LogP contribution in [0.4, 0.5) is 0 Å². The second-order valence-corrected chi connectivity index (χ2v) is 3.04. The molecule has 0 saturated carbocycles. The molecule has 0 aromatic rings. The summed E-state index contributed by atoms with van der Waals surface area (Å²) in [5.74, 6) is -0.429. The molecular formula is C11H17NO2. The number of hydrogen-bond acceptors (Lipinski definition) is 3. The minimum absolute atomic E-state index is 0.429. The molecule has 0 fully saturated rings. The molecule has 0 aliphatic rings. The minimum atomic E-state index is -0.429. The lowest BCUT2D eigenvalue weighted by Crippen LogP contribution is -2.01. The zero-order valence-corrected chi connectivity index (χ0v) is 8.66. The molecule has 0 spiro atoms. The van der Waals surface area contributed by atoms with Gasteiger partial charge in [-0.1, -0.05) is 32.6 Å². The van der Waals surface area contributed by atoms with Gasteiger partial charge in [0.15, 0.2) is 0 Å². The summed E-state index contributed by atoms with van der Waals surface area (Å²) in [6.45, 7) is 2.62. The number of nitrogens with zero attached hydrogens (tertiary/aromatic N) is 1. The number of unbranched alkanes of at least 4 members (excludes halogenated alkanes) is 4. The maximum absolute atomic E-state index is 10.8. The van der Waals surface area contributed by atoms with E-state index in [0.29, 0.717) is 6.61 Å². The van der Waals surface area contributed by atoms with E-state index in [1.54, 1.807) is 6.07 Å². The monoisotopic (exact) mass is 195 g/mol. The van der Waals surface area contributed by atoms with Crippen LogP contribution in [0.1, 0.15) is 39.0 Å². The number of nitriles is 1. The Morgan fingerprint density at radius 2 is 2.07 bits per heavy atom. The molecule has 0 heterocycles. The Balaban J connectivity index is 3.24. The van der Waals surface area contributed by atoms with Crippen LogP contribution in [0, 0.1) is 11.3 Å². The lowest BCUT2D eigenvalue weighted by Gasteiger charge is -2.00. The lowest BCUT2D eigenvalue weighted by molar-refractivity contribution is -0.137. The van der Waals surface area contributed by atoms with Gasteiger partial charge in [0.05, 0.1) is 12.7 Å². The number of esters is 1. The first-order valence-corrected chi connectivity index (χ1v) is 5.04. The third-order valence-electron chi connectivity index (χ3n) is 1.79. The van der Waals surface area contributed by atoms with E-state index in [2.05, 4.69) is 6.92 Å². The molecule has 0 amide bonds. The van der Waals surface area contributed by atoms with Gasteiger partial charge in [-0.25, -0.2) is 4.79 Å². The molecule has 0 bridgehead atoms. The van der Waals surface area contributed by atoms with Crippen molar-refractivity contribution in [3.05, 3.63) is 12.2 Å². The van der Waals surface area contributed by atoms with E-state index >= 15 is 0 Å². The number of carbonyl (C=O) groups excluding carboxylic acids is 1. The van der Waals surface area contributed by atoms with Gasteiger partial charge >= 0.3 is 5.97 Å². The van der Waals surface area contributed by atoms with Crippen LogP contribution in [0.15, 0.2) is 12.2 Å². The SMILES string of the molecule is CCCCCCCOC(=O)C=CC#N. The van der Waals surface area contributed by atoms with Crippen LogP contribution in [-0.4, -0.2) is 12.6 Å². The van der Waals surface area contributed by atoms with Crippen molar-refractivity contribution in [3.8, 4) is 6.07 Å². The van der Waals surface area contributed by atoms with E-state index in [1.807, 2.05) is 0 Å². The summed E-state index contributed by atoms with van der Waals surface area (Å²) in [6, 6.07) is 1.74. The predicted octanol–water partition coefficient (Wildman–Crippen LogP) is 2.58. The first kappa shape index (κ1) is 12.7. The second-order valence-electron chi connectivity index (χ2n) is 3.04. The standard InChI is InChI=1S/C11H17NO2/c1-2-3-4-5-6-10-14-11(13)8-7-9-12/h7-8H,2-6,10H2,1H3. The van der Waals surface area contributed by atoms with Crippen LogP contribution < -0.4 is 0 Å². The molecule has 0 radical (unpaired) electrons. The summed E-state index contributed by atoms with van der Waals surface area (Å²) in [4.78, 5) is 10.8. The van der Waals surface area contributed by atoms with Crippen molar-refractivity contribution in [1.29, 1.82) is 5.26 Å². The molecular weight excluding hydrogens is 178 g/mol. The van der Waals surface area contributed by atoms with Crippen molar-refractivity contribution in [2.75, 3.05) is 6.61 Å². The summed E-state index contributed by atoms with van der Waals surface area (Å²) in [5.41, 5.74) is 0. The molecule has 0 aromatic heterocycles. The first-order valence-electron chi connectivity index (χ1n) is 5.04. The van der Waals surface area contributed by atoms with Crippen LogP contribution in [0.5, 0.6) is 0 Å². The molecule has 0 rings (SSSR count). The largest absolute Gasteiger partial charge is 0.463 e. The lowest BCUT2D eigenvalue weighted by atomic mass is 10.2. The Labute approximate surface area is 85.4 Å². The summed E-state index contributed by atoms with van der Waals surface area (Å²) in [5, 5.41) is 8.14. The molecule has 0 aliphatic heterocycles. The van der Waals surface area contributed by atoms with Crippen molar-refractivity contribution in [2.24, 2.45) is 0 Å². The number of ether oxygens (including phenoxy) is 1. The first-order chi connectivity index (χ1) is 6.81. The molecule has 0 saturated heterocycles. The van der Waals surface area contributed by atoms with Crippen LogP contribution in [0.3, 0.4) is 0 Å². The smallest absolute Gasteiger partial charge is 0.331 e. The van der Waals surface area contributed by atoms with E-state index < -0.39 is 5.97 Å². The average Bonchev–Trinajstić information content (AvgIpc) is 2.20. The molecule has 0 aliphatic carbocycles. The second kappa shape index (κ2) is 9.79. The van der Waals surface area contributed by atoms with Crippen molar-refractivity contribution >= 4 is 5.97 Å². The van der Waals surface area contributed by atoms with Gasteiger partial charge in [0.2, 0.25) is 0 Å². The minimum Gasteiger partial charge on any atom is -0.463 e. The van der Waals surface area contributed by atoms with Crippen LogP contribution in [0.2, 0.25) is 0 Å². The molecule has 3 nitrogen and oxygen atoms in total. The highest BCUT2D eigenvalue weighted by atomic mass is 16.5. The highest BCUT2D eigenvalue weighted by Gasteiger charge is 1.95. The predicted molar refractivity (Wildman–Crippen MR) is 54.5 cm³/mol. The fourth-order valence-corrected chi connectivity index (χ4v) is 1.03. The van der Waals surface area contributed by atoms with E-state index in [9.17, 15) is 4.79 Å². The number of allylic oxidation sites excluding steroid dienone is 1. The molecule has 0 unspecified atom stereocenters. The van der Waals surface area contributed by atoms with E-state index in [0.717, 1.165) is 25.0 Å². The van der Waals surface area contributed by atoms with Gasteiger partial charge in [-0.3, -0.25) is 0 Å². The van der Waals surface area contributed by atoms with Gasteiger partial charge in [-0.05, 0) is 6.42 Å². The number of hydrogen-bond donors (Lipinski definition) is 0. The van der Waals surface area contributed by atoms with Gasteiger partial charge in [0.1, 0.15) is 0 Å². The highest BCUT2D eigenvalue weighted by Crippen LogP contribution is 2.02. The normalized spacial score (nSPS) is 10.0. The van der Waals surface area contributed by atoms with Gasteiger partial charge in [0.25, 0.3) is 0 Å². The van der Waals surface area contributed by atoms with Gasteiger partial charge < -0.3 is 4.74 Å². The third-order valence-corrected chi connectivity index (χ3v) is 1.79.